The van der Waals surface area contributed by atoms with E-state index in [-0.39, 0.29) is 0 Å². The Kier molecular flexibility index (Phi) is 5.30. The highest BCUT2D eigenvalue weighted by Crippen LogP contribution is 2.30. The number of pyridine rings is 1. The van der Waals surface area contributed by atoms with Gasteiger partial charge in [0.05, 0.1) is 6.20 Å². The van der Waals surface area contributed by atoms with Crippen LogP contribution in [0.3, 0.4) is 0 Å². The average Bonchev–Trinajstić information content (AvgIpc) is 3.34. The monoisotopic (exact) mass is 468 g/mol. The SMILES string of the molecule is Cc1cc(Nc2ncnc3cnc(N4CCNC[C@H]4C)nc23)ccc1Oc1ccn2ncnc2c1. The van der Waals surface area contributed by atoms with Gasteiger partial charge in [-0.25, -0.2) is 29.4 Å². The number of anilines is 3. The van der Waals surface area contributed by atoms with Gasteiger partial charge in [-0.2, -0.15) is 5.10 Å². The molecule has 0 bridgehead atoms. The predicted molar refractivity (Wildman–Crippen MR) is 132 cm³/mol. The van der Waals surface area contributed by atoms with Crippen LogP contribution in [-0.2, 0) is 0 Å². The Bertz CT molecular complexity index is 1520. The molecule has 0 amide bonds. The van der Waals surface area contributed by atoms with Gasteiger partial charge in [-0.05, 0) is 43.7 Å². The van der Waals surface area contributed by atoms with Crippen LogP contribution in [-0.4, -0.2) is 60.2 Å². The molecule has 0 spiro atoms. The van der Waals surface area contributed by atoms with Gasteiger partial charge in [0.25, 0.3) is 0 Å². The highest BCUT2D eigenvalue weighted by atomic mass is 16.5. The van der Waals surface area contributed by atoms with Gasteiger partial charge in [0, 0.05) is 43.6 Å². The topological polar surface area (TPSA) is 118 Å². The Balaban J connectivity index is 1.26. The normalized spacial score (nSPS) is 16.1. The molecule has 11 heteroatoms. The summed E-state index contributed by atoms with van der Waals surface area (Å²) in [7, 11) is 0. The first-order valence-corrected chi connectivity index (χ1v) is 11.4. The minimum absolute atomic E-state index is 0.308. The molecule has 1 fully saturated rings. The molecule has 5 aromatic rings. The standard InChI is InChI=1S/C24H24N10O/c1-15-9-17(3-4-20(15)35-18-5-7-34-21(10-18)28-14-30-34)31-23-22-19(27-13-29-23)12-26-24(32-22)33-8-6-25-11-16(33)2/h3-5,7,9-10,12-14,16,25H,6,8,11H2,1-2H3,(H,27,29,31)/t16-/m1/s1. The maximum Gasteiger partial charge on any atom is 0.226 e. The van der Waals surface area contributed by atoms with Crippen LogP contribution in [0.2, 0.25) is 0 Å². The van der Waals surface area contributed by atoms with Gasteiger partial charge in [-0.1, -0.05) is 0 Å². The number of benzene rings is 1. The van der Waals surface area contributed by atoms with E-state index >= 15 is 0 Å². The number of hydrogen-bond donors (Lipinski definition) is 2. The van der Waals surface area contributed by atoms with E-state index in [0.29, 0.717) is 34.6 Å². The molecule has 176 valence electrons. The van der Waals surface area contributed by atoms with Crippen LogP contribution in [0.4, 0.5) is 17.5 Å². The molecule has 11 nitrogen and oxygen atoms in total. The number of hydrogen-bond acceptors (Lipinski definition) is 10. The second-order valence-electron chi connectivity index (χ2n) is 8.51. The maximum atomic E-state index is 6.09. The summed E-state index contributed by atoms with van der Waals surface area (Å²) in [4.78, 5) is 24.6. The van der Waals surface area contributed by atoms with Crippen LogP contribution in [0.25, 0.3) is 16.7 Å². The molecule has 5 heterocycles. The average molecular weight is 469 g/mol. The van der Waals surface area contributed by atoms with Crippen molar-refractivity contribution in [2.75, 3.05) is 29.9 Å². The number of nitrogens with one attached hydrogen (secondary N) is 2. The van der Waals surface area contributed by atoms with Crippen LogP contribution < -0.4 is 20.3 Å². The summed E-state index contributed by atoms with van der Waals surface area (Å²) in [6.07, 6.45) is 6.61. The highest BCUT2D eigenvalue weighted by molar-refractivity contribution is 5.87. The second kappa shape index (κ2) is 8.76. The zero-order chi connectivity index (χ0) is 23.8. The molecule has 0 aliphatic carbocycles. The lowest BCUT2D eigenvalue weighted by Gasteiger charge is -2.33. The number of aryl methyl sites for hydroxylation is 1. The Morgan fingerprint density at radius 1 is 1.09 bits per heavy atom. The van der Waals surface area contributed by atoms with E-state index in [9.17, 15) is 0 Å². The Hall–Kier alpha value is -4.38. The van der Waals surface area contributed by atoms with E-state index in [1.807, 2.05) is 43.5 Å². The van der Waals surface area contributed by atoms with Crippen molar-refractivity contribution in [3.63, 3.8) is 0 Å². The van der Waals surface area contributed by atoms with Gasteiger partial charge in [-0.3, -0.25) is 0 Å². The molecule has 4 aromatic heterocycles. The first-order chi connectivity index (χ1) is 17.1. The van der Waals surface area contributed by atoms with E-state index in [0.717, 1.165) is 42.3 Å². The molecular weight excluding hydrogens is 444 g/mol. The maximum absolute atomic E-state index is 6.09. The molecule has 1 aromatic carbocycles. The number of aromatic nitrogens is 7. The van der Waals surface area contributed by atoms with Crippen LogP contribution in [0.15, 0.2) is 55.4 Å². The fourth-order valence-corrected chi connectivity index (χ4v) is 4.18. The zero-order valence-corrected chi connectivity index (χ0v) is 19.4. The summed E-state index contributed by atoms with van der Waals surface area (Å²) in [6, 6.07) is 9.91. The summed E-state index contributed by atoms with van der Waals surface area (Å²) in [5, 5.41) is 10.9. The fourth-order valence-electron chi connectivity index (χ4n) is 4.18. The van der Waals surface area contributed by atoms with Crippen molar-refractivity contribution in [1.29, 1.82) is 0 Å². The molecule has 0 radical (unpaired) electrons. The van der Waals surface area contributed by atoms with Crippen molar-refractivity contribution in [2.45, 2.75) is 19.9 Å². The van der Waals surface area contributed by atoms with E-state index in [1.165, 1.54) is 12.7 Å². The van der Waals surface area contributed by atoms with Gasteiger partial charge in [0.2, 0.25) is 5.95 Å². The molecule has 1 aliphatic heterocycles. The summed E-state index contributed by atoms with van der Waals surface area (Å²) in [5.41, 5.74) is 3.95. The molecule has 35 heavy (non-hydrogen) atoms. The minimum Gasteiger partial charge on any atom is -0.457 e. The van der Waals surface area contributed by atoms with Crippen molar-refractivity contribution < 1.29 is 4.74 Å². The summed E-state index contributed by atoms with van der Waals surface area (Å²) in [6.45, 7) is 6.83. The predicted octanol–water partition coefficient (Wildman–Crippen LogP) is 3.10. The quantitative estimate of drug-likeness (QED) is 0.398. The van der Waals surface area contributed by atoms with Gasteiger partial charge in [-0.15, -0.1) is 0 Å². The number of rotatable bonds is 5. The van der Waals surface area contributed by atoms with Crippen LogP contribution in [0.5, 0.6) is 11.5 Å². The number of ether oxygens (including phenoxy) is 1. The number of fused-ring (bicyclic) bond motifs is 2. The second-order valence-corrected chi connectivity index (χ2v) is 8.51. The van der Waals surface area contributed by atoms with Crippen molar-refractivity contribution >= 4 is 34.1 Å². The molecule has 0 saturated carbocycles. The van der Waals surface area contributed by atoms with Gasteiger partial charge in [0.15, 0.2) is 11.5 Å². The molecule has 6 rings (SSSR count). The highest BCUT2D eigenvalue weighted by Gasteiger charge is 2.21. The lowest BCUT2D eigenvalue weighted by molar-refractivity contribution is 0.478. The first kappa shape index (κ1) is 21.2. The van der Waals surface area contributed by atoms with Crippen molar-refractivity contribution in [3.8, 4) is 11.5 Å². The van der Waals surface area contributed by atoms with E-state index < -0.39 is 0 Å². The smallest absolute Gasteiger partial charge is 0.226 e. The zero-order valence-electron chi connectivity index (χ0n) is 19.4. The molecule has 2 N–H and O–H groups in total. The minimum atomic E-state index is 0.308. The van der Waals surface area contributed by atoms with Crippen LogP contribution >= 0.6 is 0 Å². The van der Waals surface area contributed by atoms with E-state index in [2.05, 4.69) is 47.5 Å². The molecular formula is C24H24N10O. The number of piperazine rings is 1. The van der Waals surface area contributed by atoms with Crippen LogP contribution in [0.1, 0.15) is 12.5 Å². The van der Waals surface area contributed by atoms with Crippen LogP contribution in [0, 0.1) is 6.92 Å². The van der Waals surface area contributed by atoms with Crippen molar-refractivity contribution in [1.82, 2.24) is 39.9 Å². The van der Waals surface area contributed by atoms with Gasteiger partial charge in [0.1, 0.15) is 35.2 Å². The fraction of sp³-hybridized carbons (Fsp3) is 0.250. The summed E-state index contributed by atoms with van der Waals surface area (Å²) in [5.74, 6) is 2.77. The van der Waals surface area contributed by atoms with E-state index in [4.69, 9.17) is 9.72 Å². The Labute approximate surface area is 201 Å². The molecule has 1 aliphatic rings. The van der Waals surface area contributed by atoms with Gasteiger partial charge >= 0.3 is 0 Å². The third-order valence-corrected chi connectivity index (χ3v) is 6.04. The van der Waals surface area contributed by atoms with Crippen molar-refractivity contribution in [2.24, 2.45) is 0 Å². The summed E-state index contributed by atoms with van der Waals surface area (Å²) < 4.78 is 7.78. The lowest BCUT2D eigenvalue weighted by Crippen LogP contribution is -2.50. The Morgan fingerprint density at radius 2 is 2.03 bits per heavy atom. The first-order valence-electron chi connectivity index (χ1n) is 11.4. The number of nitrogens with zero attached hydrogens (tertiary/aromatic N) is 8. The largest absolute Gasteiger partial charge is 0.457 e. The van der Waals surface area contributed by atoms with Gasteiger partial charge < -0.3 is 20.3 Å². The third kappa shape index (κ3) is 4.17. The molecule has 1 atom stereocenters. The van der Waals surface area contributed by atoms with E-state index in [1.54, 1.807) is 10.7 Å². The molecule has 1 saturated heterocycles. The lowest BCUT2D eigenvalue weighted by atomic mass is 10.2. The third-order valence-electron chi connectivity index (χ3n) is 6.04. The Morgan fingerprint density at radius 3 is 2.91 bits per heavy atom. The molecule has 0 unspecified atom stereocenters. The van der Waals surface area contributed by atoms with Crippen molar-refractivity contribution in [3.05, 3.63) is 60.9 Å². The summed E-state index contributed by atoms with van der Waals surface area (Å²) >= 11 is 0.